The number of aliphatic carboxylic acids is 1. The number of carboxylic acid groups (broad SMARTS) is 1. The number of carboxylic acids is 1. The second-order valence-electron chi connectivity index (χ2n) is 4.00. The molecule has 0 rings (SSSR count). The van der Waals surface area contributed by atoms with Gasteiger partial charge in [-0.1, -0.05) is 19.8 Å². The zero-order valence-corrected chi connectivity index (χ0v) is 9.87. The lowest BCUT2D eigenvalue weighted by atomic mass is 10.1. The van der Waals surface area contributed by atoms with Crippen molar-refractivity contribution >= 4 is 11.9 Å². The first-order valence-corrected chi connectivity index (χ1v) is 5.77. The molecule has 94 valence electrons. The number of nitrogens with one attached hydrogen (secondary N) is 1. The molecule has 0 aliphatic heterocycles. The third-order valence-electron chi connectivity index (χ3n) is 2.38. The quantitative estimate of drug-likeness (QED) is 0.509. The SMILES string of the molecule is CC(CNC(=O)CCCCCCN)C(=O)O. The summed E-state index contributed by atoms with van der Waals surface area (Å²) in [6.45, 7) is 2.48. The van der Waals surface area contributed by atoms with Crippen LogP contribution in [0.2, 0.25) is 0 Å². The molecule has 0 bridgehead atoms. The highest BCUT2D eigenvalue weighted by Crippen LogP contribution is 2.02. The largest absolute Gasteiger partial charge is 0.481 e. The van der Waals surface area contributed by atoms with Gasteiger partial charge >= 0.3 is 5.97 Å². The van der Waals surface area contributed by atoms with Crippen LogP contribution in [0.4, 0.5) is 0 Å². The van der Waals surface area contributed by atoms with Crippen LogP contribution >= 0.6 is 0 Å². The van der Waals surface area contributed by atoms with Crippen LogP contribution in [0.3, 0.4) is 0 Å². The molecule has 5 heteroatoms. The summed E-state index contributed by atoms with van der Waals surface area (Å²) >= 11 is 0. The monoisotopic (exact) mass is 230 g/mol. The van der Waals surface area contributed by atoms with E-state index in [1.165, 1.54) is 0 Å². The van der Waals surface area contributed by atoms with Crippen LogP contribution in [-0.2, 0) is 9.59 Å². The van der Waals surface area contributed by atoms with Gasteiger partial charge in [-0.2, -0.15) is 0 Å². The Balaban J connectivity index is 3.41. The highest BCUT2D eigenvalue weighted by molar-refractivity contribution is 5.77. The summed E-state index contributed by atoms with van der Waals surface area (Å²) in [5.41, 5.74) is 5.34. The van der Waals surface area contributed by atoms with Crippen molar-refractivity contribution in [2.75, 3.05) is 13.1 Å². The van der Waals surface area contributed by atoms with Crippen LogP contribution in [0.5, 0.6) is 0 Å². The number of carbonyl (C=O) groups is 2. The highest BCUT2D eigenvalue weighted by atomic mass is 16.4. The number of carbonyl (C=O) groups excluding carboxylic acids is 1. The molecule has 4 N–H and O–H groups in total. The van der Waals surface area contributed by atoms with Gasteiger partial charge in [0.05, 0.1) is 5.92 Å². The smallest absolute Gasteiger partial charge is 0.308 e. The summed E-state index contributed by atoms with van der Waals surface area (Å²) in [5.74, 6) is -1.48. The molecule has 0 spiro atoms. The summed E-state index contributed by atoms with van der Waals surface area (Å²) in [7, 11) is 0. The molecule has 1 amide bonds. The van der Waals surface area contributed by atoms with Crippen molar-refractivity contribution in [1.29, 1.82) is 0 Å². The van der Waals surface area contributed by atoms with Gasteiger partial charge in [0.1, 0.15) is 0 Å². The predicted molar refractivity (Wildman–Crippen MR) is 61.9 cm³/mol. The molecule has 0 aromatic rings. The molecule has 16 heavy (non-hydrogen) atoms. The van der Waals surface area contributed by atoms with Gasteiger partial charge < -0.3 is 16.2 Å². The van der Waals surface area contributed by atoms with Gasteiger partial charge in [-0.3, -0.25) is 9.59 Å². The number of amides is 1. The first-order chi connectivity index (χ1) is 7.57. The Morgan fingerprint density at radius 1 is 1.25 bits per heavy atom. The Morgan fingerprint density at radius 3 is 2.44 bits per heavy atom. The Bertz CT molecular complexity index is 219. The van der Waals surface area contributed by atoms with Crippen molar-refractivity contribution in [3.05, 3.63) is 0 Å². The van der Waals surface area contributed by atoms with Gasteiger partial charge in [0.25, 0.3) is 0 Å². The number of hydrogen-bond donors (Lipinski definition) is 3. The van der Waals surface area contributed by atoms with E-state index in [1.54, 1.807) is 6.92 Å². The Hall–Kier alpha value is -1.10. The lowest BCUT2D eigenvalue weighted by molar-refractivity contribution is -0.141. The standard InChI is InChI=1S/C11H22N2O3/c1-9(11(15)16)8-13-10(14)6-4-2-3-5-7-12/h9H,2-8,12H2,1H3,(H,13,14)(H,15,16). The van der Waals surface area contributed by atoms with E-state index in [9.17, 15) is 9.59 Å². The molecular weight excluding hydrogens is 208 g/mol. The molecule has 0 aliphatic carbocycles. The number of unbranched alkanes of at least 4 members (excludes halogenated alkanes) is 3. The maximum atomic E-state index is 11.3. The lowest BCUT2D eigenvalue weighted by Crippen LogP contribution is -2.31. The van der Waals surface area contributed by atoms with Crippen LogP contribution in [0.25, 0.3) is 0 Å². The summed E-state index contributed by atoms with van der Waals surface area (Å²) in [6, 6.07) is 0. The van der Waals surface area contributed by atoms with Crippen LogP contribution < -0.4 is 11.1 Å². The molecule has 0 aromatic carbocycles. The van der Waals surface area contributed by atoms with E-state index in [1.807, 2.05) is 0 Å². The fourth-order valence-electron chi connectivity index (χ4n) is 1.23. The number of nitrogens with two attached hydrogens (primary N) is 1. The topological polar surface area (TPSA) is 92.4 Å². The second kappa shape index (κ2) is 9.15. The average Bonchev–Trinajstić information content (AvgIpc) is 2.25. The lowest BCUT2D eigenvalue weighted by Gasteiger charge is -2.08. The van der Waals surface area contributed by atoms with Crippen molar-refractivity contribution in [2.24, 2.45) is 11.7 Å². The van der Waals surface area contributed by atoms with Crippen molar-refractivity contribution in [1.82, 2.24) is 5.32 Å². The average molecular weight is 230 g/mol. The fraction of sp³-hybridized carbons (Fsp3) is 0.818. The van der Waals surface area contributed by atoms with Crippen molar-refractivity contribution in [3.8, 4) is 0 Å². The minimum absolute atomic E-state index is 0.0687. The van der Waals surface area contributed by atoms with Crippen LogP contribution in [0, 0.1) is 5.92 Å². The first kappa shape index (κ1) is 14.9. The van der Waals surface area contributed by atoms with E-state index in [2.05, 4.69) is 5.32 Å². The highest BCUT2D eigenvalue weighted by Gasteiger charge is 2.11. The van der Waals surface area contributed by atoms with Crippen LogP contribution in [-0.4, -0.2) is 30.1 Å². The molecule has 5 nitrogen and oxygen atoms in total. The van der Waals surface area contributed by atoms with E-state index in [4.69, 9.17) is 10.8 Å². The normalized spacial score (nSPS) is 12.1. The molecule has 1 atom stereocenters. The zero-order chi connectivity index (χ0) is 12.4. The molecule has 1 unspecified atom stereocenters. The van der Waals surface area contributed by atoms with Crippen LogP contribution in [0.1, 0.15) is 39.0 Å². The van der Waals surface area contributed by atoms with Gasteiger partial charge in [0.15, 0.2) is 0 Å². The van der Waals surface area contributed by atoms with E-state index in [0.29, 0.717) is 13.0 Å². The van der Waals surface area contributed by atoms with Crippen molar-refractivity contribution in [2.45, 2.75) is 39.0 Å². The van der Waals surface area contributed by atoms with Gasteiger partial charge in [-0.15, -0.1) is 0 Å². The number of hydrogen-bond acceptors (Lipinski definition) is 3. The maximum Gasteiger partial charge on any atom is 0.308 e. The summed E-state index contributed by atoms with van der Waals surface area (Å²) in [5, 5.41) is 11.2. The predicted octanol–water partition coefficient (Wildman–Crippen LogP) is 0.733. The van der Waals surface area contributed by atoms with Crippen molar-refractivity contribution in [3.63, 3.8) is 0 Å². The molecule has 0 heterocycles. The summed E-state index contributed by atoms with van der Waals surface area (Å²) in [6.07, 6.45) is 4.36. The van der Waals surface area contributed by atoms with Gasteiger partial charge in [-0.25, -0.2) is 0 Å². The fourth-order valence-corrected chi connectivity index (χ4v) is 1.23. The number of rotatable bonds is 9. The Morgan fingerprint density at radius 2 is 1.88 bits per heavy atom. The minimum atomic E-state index is -0.886. The Labute approximate surface area is 96.4 Å². The molecule has 0 fully saturated rings. The minimum Gasteiger partial charge on any atom is -0.481 e. The summed E-state index contributed by atoms with van der Waals surface area (Å²) < 4.78 is 0. The molecular formula is C11H22N2O3. The van der Waals surface area contributed by atoms with E-state index in [0.717, 1.165) is 25.7 Å². The van der Waals surface area contributed by atoms with E-state index in [-0.39, 0.29) is 12.5 Å². The molecule has 0 radical (unpaired) electrons. The van der Waals surface area contributed by atoms with E-state index >= 15 is 0 Å². The zero-order valence-electron chi connectivity index (χ0n) is 9.87. The van der Waals surface area contributed by atoms with Gasteiger partial charge in [-0.05, 0) is 19.4 Å². The maximum absolute atomic E-state index is 11.3. The Kier molecular flexibility index (Phi) is 8.52. The van der Waals surface area contributed by atoms with Gasteiger partial charge in [0, 0.05) is 13.0 Å². The van der Waals surface area contributed by atoms with Crippen LogP contribution in [0.15, 0.2) is 0 Å². The molecule has 0 aliphatic rings. The molecule has 0 saturated heterocycles. The van der Waals surface area contributed by atoms with Crippen molar-refractivity contribution < 1.29 is 14.7 Å². The second-order valence-corrected chi connectivity index (χ2v) is 4.00. The molecule has 0 aromatic heterocycles. The first-order valence-electron chi connectivity index (χ1n) is 5.77. The third kappa shape index (κ3) is 8.23. The summed E-state index contributed by atoms with van der Waals surface area (Å²) in [4.78, 5) is 21.8. The molecule has 0 saturated carbocycles. The van der Waals surface area contributed by atoms with Gasteiger partial charge in [0.2, 0.25) is 5.91 Å². The van der Waals surface area contributed by atoms with E-state index < -0.39 is 11.9 Å². The third-order valence-corrected chi connectivity index (χ3v) is 2.38.